The third kappa shape index (κ3) is 32.9. The van der Waals surface area contributed by atoms with Crippen LogP contribution >= 0.6 is 11.3 Å². The minimum Gasteiger partial charge on any atom is -0.384 e. The largest absolute Gasteiger partial charge is 0.384 e. The Kier molecular flexibility index (Phi) is 39.1. The van der Waals surface area contributed by atoms with Crippen molar-refractivity contribution in [2.24, 2.45) is 0 Å². The molecule has 0 radical (unpaired) electrons. The number of nitrogen functional groups attached to an aromatic ring is 9. The molecule has 0 bridgehead atoms. The maximum absolute atomic E-state index is 5.64. The normalized spacial score (nSPS) is 10.8. The first kappa shape index (κ1) is 105. The van der Waals surface area contributed by atoms with Crippen LogP contribution < -0.4 is 51.6 Å². The molecule has 0 amide bonds. The van der Waals surface area contributed by atoms with Crippen LogP contribution in [-0.4, -0.2) is 114 Å². The number of rotatable bonds is 18. The lowest BCUT2D eigenvalue weighted by Gasteiger charge is -2.06. The van der Waals surface area contributed by atoms with E-state index in [4.69, 9.17) is 51.6 Å². The number of thiazole rings is 1. The first-order valence-electron chi connectivity index (χ1n) is 46.2. The summed E-state index contributed by atoms with van der Waals surface area (Å²) in [5.74, 6) is 11.1. The second-order valence-corrected chi connectivity index (χ2v) is 36.0. The molecule has 0 aliphatic carbocycles. The molecule has 0 aliphatic heterocycles. The summed E-state index contributed by atoms with van der Waals surface area (Å²) in [5.41, 5.74) is 70.3. The van der Waals surface area contributed by atoms with Crippen molar-refractivity contribution in [2.45, 2.75) is 178 Å². The van der Waals surface area contributed by atoms with Gasteiger partial charge in [0.1, 0.15) is 58.1 Å². The van der Waals surface area contributed by atoms with Gasteiger partial charge in [0.2, 0.25) is 0 Å². The van der Waals surface area contributed by atoms with E-state index < -0.39 is 0 Å². The van der Waals surface area contributed by atoms with Crippen LogP contribution in [0.15, 0.2) is 286 Å². The predicted octanol–water partition coefficient (Wildman–Crippen LogP) is 21.9. The van der Waals surface area contributed by atoms with Gasteiger partial charge in [0.15, 0.2) is 22.6 Å². The number of nitrogens with two attached hydrogens (primary N) is 9. The fourth-order valence-electron chi connectivity index (χ4n) is 12.7. The molecule has 0 aliphatic rings. The molecule has 140 heavy (non-hydrogen) atoms. The second-order valence-electron chi connectivity index (χ2n) is 35.1. The third-order valence-electron chi connectivity index (χ3n) is 21.0. The summed E-state index contributed by atoms with van der Waals surface area (Å²) in [7, 11) is 0. The molecule has 18 N–H and O–H groups in total. The van der Waals surface area contributed by atoms with E-state index in [1.54, 1.807) is 112 Å². The van der Waals surface area contributed by atoms with Gasteiger partial charge in [-0.2, -0.15) is 10.2 Å². The summed E-state index contributed by atoms with van der Waals surface area (Å²) in [6.45, 7) is 38.3. The Morgan fingerprint density at radius 2 is 0.607 bits per heavy atom. The van der Waals surface area contributed by atoms with Crippen molar-refractivity contribution in [3.8, 4) is 85.1 Å². The first-order chi connectivity index (χ1) is 67.0. The lowest BCUT2D eigenvalue weighted by molar-refractivity contribution is 0.774. The number of hydrogen-bond donors (Lipinski definition) is 9. The Balaban J connectivity index is 0.000000162. The summed E-state index contributed by atoms with van der Waals surface area (Å²) in [5, 5.41) is 14.9. The highest BCUT2D eigenvalue weighted by molar-refractivity contribution is 7.13. The number of pyridine rings is 8. The zero-order valence-corrected chi connectivity index (χ0v) is 83.5. The van der Waals surface area contributed by atoms with E-state index >= 15 is 0 Å². The molecule has 18 aromatic rings. The highest BCUT2D eigenvalue weighted by Gasteiger charge is 2.14. The number of nitrogens with zero attached hydrogens (tertiary/aromatic N) is 23. The van der Waals surface area contributed by atoms with Gasteiger partial charge < -0.3 is 51.6 Å². The molecule has 0 spiro atoms. The fraction of sp³-hybridized carbons (Fsp3) is 0.252. The van der Waals surface area contributed by atoms with Crippen molar-refractivity contribution >= 4 is 63.0 Å². The van der Waals surface area contributed by atoms with Gasteiger partial charge in [-0.1, -0.05) is 185 Å². The Hall–Kier alpha value is -16.6. The van der Waals surface area contributed by atoms with Crippen LogP contribution in [0.4, 0.5) is 51.7 Å². The van der Waals surface area contributed by atoms with Crippen LogP contribution in [0.25, 0.3) is 85.1 Å². The molecule has 18 rings (SSSR count). The molecule has 722 valence electrons. The van der Waals surface area contributed by atoms with Crippen LogP contribution in [0.1, 0.15) is 229 Å². The Morgan fingerprint density at radius 1 is 0.229 bits per heavy atom. The smallest absolute Gasteiger partial charge is 0.180 e. The van der Waals surface area contributed by atoms with Crippen molar-refractivity contribution in [3.05, 3.63) is 337 Å². The predicted molar refractivity (Wildman–Crippen MR) is 569 cm³/mol. The standard InChI is InChI=1S/2C13H15N3.3C12H14N4.C12H15N3.2C11H14N4.C11H13N3S/c1-9(2)10-3-5-11(6-4-10)13-15-8-7-12(14)16-13;1-9(2)11-7-6-10(8-15-11)12-4-3-5-13(14)16-12;1-8(2)10-4-3-9(7-15-10)12-14-6-5-11(13)16-12;1-8(2)12-14-6-9(7-15-12)10-4-3-5-11(13)16-10;1-8(2)10-6-15-11(7-14-10)9-4-3-5-12(13)16-9;1-9(2)10-3-5-11(6-4-10)15-8-7-12(13)14-15;1-8(2)10-4-3-9(7-13-10)15-6-5-11(12)14-15;1-8(2)9-3-4-11(13-7-9)15-6-5-10(12)14-15;1-7(2)9-4-3-8(5-13-9)10-6-15-11(12)14-10/h3-9H,1-2H3,(H2,14,15,16);3-9H,1-2H3,(H2,14,16);3-8H,1-2H3,(H2,13,14,16);2*3-8H,1-2H3,(H2,13,16);3-9H,1-2H3,(H2,13,14);2*3-8H,1-2H3,(H2,12,14);3-7H,1-2H3,(H2,12,14). The van der Waals surface area contributed by atoms with Crippen LogP contribution in [-0.2, 0) is 0 Å². The average molecular weight is 1890 g/mol. The molecule has 0 atom stereocenters. The van der Waals surface area contributed by atoms with E-state index in [-0.39, 0.29) is 0 Å². The highest BCUT2D eigenvalue weighted by Crippen LogP contribution is 2.29. The lowest BCUT2D eigenvalue weighted by atomic mass is 10.0. The van der Waals surface area contributed by atoms with Gasteiger partial charge in [0, 0.05) is 154 Å². The van der Waals surface area contributed by atoms with E-state index in [0.717, 1.165) is 108 Å². The zero-order chi connectivity index (χ0) is 101. The molecule has 0 unspecified atom stereocenters. The Labute approximate surface area is 824 Å². The molecular formula is C107H128N32S. The molecule has 16 aromatic heterocycles. The molecule has 0 saturated carbocycles. The number of hydrogen-bond acceptors (Lipinski definition) is 30. The van der Waals surface area contributed by atoms with Crippen molar-refractivity contribution in [3.63, 3.8) is 0 Å². The molecule has 32 nitrogen and oxygen atoms in total. The van der Waals surface area contributed by atoms with Crippen LogP contribution in [0.3, 0.4) is 0 Å². The lowest BCUT2D eigenvalue weighted by Crippen LogP contribution is -2.00. The monoisotopic (exact) mass is 1890 g/mol. The van der Waals surface area contributed by atoms with Crippen molar-refractivity contribution in [2.75, 3.05) is 51.6 Å². The fourth-order valence-corrected chi connectivity index (χ4v) is 13.3. The maximum Gasteiger partial charge on any atom is 0.180 e. The van der Waals surface area contributed by atoms with Gasteiger partial charge in [-0.05, 0) is 179 Å². The molecular weight excluding hydrogens is 1770 g/mol. The quantitative estimate of drug-likeness (QED) is 0.0385. The van der Waals surface area contributed by atoms with Crippen molar-refractivity contribution < 1.29 is 0 Å². The van der Waals surface area contributed by atoms with E-state index in [2.05, 4.69) is 267 Å². The summed E-state index contributed by atoms with van der Waals surface area (Å²) < 4.78 is 5.16. The summed E-state index contributed by atoms with van der Waals surface area (Å²) in [6, 6.07) is 62.0. The molecule has 33 heteroatoms. The van der Waals surface area contributed by atoms with Gasteiger partial charge in [-0.15, -0.1) is 16.4 Å². The van der Waals surface area contributed by atoms with E-state index in [1.165, 1.54) is 28.0 Å². The number of aromatic nitrogens is 23. The summed E-state index contributed by atoms with van der Waals surface area (Å²) in [4.78, 5) is 72.7. The van der Waals surface area contributed by atoms with Gasteiger partial charge in [-0.3, -0.25) is 29.9 Å². The van der Waals surface area contributed by atoms with E-state index in [1.807, 2.05) is 146 Å². The molecule has 0 fully saturated rings. The van der Waals surface area contributed by atoms with Crippen molar-refractivity contribution in [1.82, 2.24) is 114 Å². The second kappa shape index (κ2) is 51.9. The Morgan fingerprint density at radius 3 is 0.986 bits per heavy atom. The number of anilines is 9. The Bertz CT molecular complexity index is 5850. The van der Waals surface area contributed by atoms with Crippen LogP contribution in [0.5, 0.6) is 0 Å². The third-order valence-corrected chi connectivity index (χ3v) is 21.6. The summed E-state index contributed by atoms with van der Waals surface area (Å²) in [6.07, 6.45) is 25.0. The zero-order valence-electron chi connectivity index (χ0n) is 82.7. The van der Waals surface area contributed by atoms with Gasteiger partial charge >= 0.3 is 0 Å². The minimum absolute atomic E-state index is 0.336. The highest BCUT2D eigenvalue weighted by atomic mass is 32.1. The van der Waals surface area contributed by atoms with Crippen LogP contribution in [0, 0.1) is 0 Å². The van der Waals surface area contributed by atoms with Gasteiger partial charge in [0.25, 0.3) is 0 Å². The first-order valence-corrected chi connectivity index (χ1v) is 47.0. The van der Waals surface area contributed by atoms with Crippen LogP contribution in [0.2, 0.25) is 0 Å². The minimum atomic E-state index is 0.336. The number of benzene rings is 2. The van der Waals surface area contributed by atoms with Crippen molar-refractivity contribution in [1.29, 1.82) is 0 Å². The van der Waals surface area contributed by atoms with Gasteiger partial charge in [-0.25, -0.2) is 68.9 Å². The summed E-state index contributed by atoms with van der Waals surface area (Å²) >= 11 is 1.45. The topological polar surface area (TPSA) is 507 Å². The molecule has 2 aromatic carbocycles. The molecule has 16 heterocycles. The van der Waals surface area contributed by atoms with E-state index in [9.17, 15) is 0 Å². The van der Waals surface area contributed by atoms with E-state index in [0.29, 0.717) is 117 Å². The maximum atomic E-state index is 5.64. The molecule has 0 saturated heterocycles. The SMILES string of the molecule is CC(C)c1ccc(-c2cccc(N)n2)cn1.CC(C)c1ccc(-c2csc(N)n2)cn1.CC(C)c1ccc(-c2nccc(N)n2)cc1.CC(C)c1ccc(-c2nccc(N)n2)cn1.CC(C)c1ccc(-n2ccc(N)n2)cc1.CC(C)c1ccc(-n2ccc(N)n2)cn1.CC(C)c1ccc(-n2ccc(N)n2)nc1.CC(C)c1cnc(-c2cccc(N)n2)cn1.CC(C)c1ncc(-c2cccc(N)n2)cn1. The average Bonchev–Trinajstić information content (AvgIpc) is 1.84. The van der Waals surface area contributed by atoms with Gasteiger partial charge in [0.05, 0.1) is 52.2 Å².